The Balaban J connectivity index is 4.02. The molecule has 1 N–H and O–H groups in total. The van der Waals surface area contributed by atoms with Crippen LogP contribution in [0.25, 0.3) is 0 Å². The first kappa shape index (κ1) is 9.51. The van der Waals surface area contributed by atoms with Crippen molar-refractivity contribution in [2.24, 2.45) is 0 Å². The summed E-state index contributed by atoms with van der Waals surface area (Å²) in [6.07, 6.45) is 1.18. The molecular weight excluding hydrogens is 164 g/mol. The van der Waals surface area contributed by atoms with Crippen LogP contribution in [0, 0.1) is 0 Å². The summed E-state index contributed by atoms with van der Waals surface area (Å²) in [7, 11) is -4.41. The quantitative estimate of drug-likeness (QED) is 0.619. The molecule has 0 aromatic heterocycles. The lowest BCUT2D eigenvalue weighted by atomic mass is 10.7. The van der Waals surface area contributed by atoms with E-state index in [1.807, 2.05) is 0 Å². The highest BCUT2D eigenvalue weighted by atomic mass is 32.2. The Morgan fingerprint density at radius 1 is 1.60 bits per heavy atom. The van der Waals surface area contributed by atoms with Gasteiger partial charge in [0.1, 0.15) is 0 Å². The number of rotatable bonds is 4. The fraction of sp³-hybridized carbons (Fsp3) is 0.500. The number of hydrogen-bond acceptors (Lipinski definition) is 2. The van der Waals surface area contributed by atoms with Crippen LogP contribution >= 0.6 is 0 Å². The predicted octanol–water partition coefficient (Wildman–Crippen LogP) is 0.314. The van der Waals surface area contributed by atoms with Crippen molar-refractivity contribution < 1.29 is 17.2 Å². The first-order valence-corrected chi connectivity index (χ1v) is 3.93. The van der Waals surface area contributed by atoms with Gasteiger partial charge in [-0.1, -0.05) is 6.08 Å². The fourth-order valence-corrected chi connectivity index (χ4v) is 0.714. The van der Waals surface area contributed by atoms with E-state index in [1.165, 1.54) is 6.08 Å². The van der Waals surface area contributed by atoms with Crippen LogP contribution in [-0.2, 0) is 10.0 Å². The largest absolute Gasteiger partial charge is 0.350 e. The molecule has 0 aromatic rings. The first-order chi connectivity index (χ1) is 4.50. The van der Waals surface area contributed by atoms with Gasteiger partial charge >= 0.3 is 5.76 Å². The third kappa shape index (κ3) is 2.88. The Labute approximate surface area is 57.8 Å². The molecule has 6 heteroatoms. The lowest BCUT2D eigenvalue weighted by Gasteiger charge is -2.00. The van der Waals surface area contributed by atoms with Crippen molar-refractivity contribution >= 4 is 10.0 Å². The van der Waals surface area contributed by atoms with E-state index < -0.39 is 15.8 Å². The molecule has 0 aliphatic carbocycles. The average Bonchev–Trinajstić information content (AvgIpc) is 1.84. The maximum absolute atomic E-state index is 11.5. The summed E-state index contributed by atoms with van der Waals surface area (Å²) in [6.45, 7) is 2.98. The summed E-state index contributed by atoms with van der Waals surface area (Å²) >= 11 is 0. The van der Waals surface area contributed by atoms with E-state index >= 15 is 0 Å². The summed E-state index contributed by atoms with van der Waals surface area (Å²) in [4.78, 5) is 0. The Hall–Kier alpha value is -0.490. The van der Waals surface area contributed by atoms with Gasteiger partial charge in [0.15, 0.2) is 0 Å². The smallest absolute Gasteiger partial charge is 0.206 e. The van der Waals surface area contributed by atoms with Gasteiger partial charge in [-0.15, -0.1) is 6.58 Å². The minimum atomic E-state index is -4.41. The first-order valence-electron chi connectivity index (χ1n) is 2.38. The third-order valence-electron chi connectivity index (χ3n) is 0.663. The van der Waals surface area contributed by atoms with Crippen molar-refractivity contribution in [1.82, 2.24) is 4.72 Å². The number of nitrogens with one attached hydrogen (secondary N) is 1. The normalized spacial score (nSPS) is 11.9. The molecule has 0 aliphatic heterocycles. The molecule has 0 heterocycles. The molecule has 0 fully saturated rings. The minimum absolute atomic E-state index is 0.174. The monoisotopic (exact) mass is 171 g/mol. The topological polar surface area (TPSA) is 46.2 Å². The van der Waals surface area contributed by atoms with E-state index in [-0.39, 0.29) is 6.54 Å². The van der Waals surface area contributed by atoms with E-state index in [1.54, 1.807) is 4.72 Å². The molecule has 0 amide bonds. The Morgan fingerprint density at radius 3 is 2.40 bits per heavy atom. The van der Waals surface area contributed by atoms with E-state index in [2.05, 4.69) is 6.58 Å². The molecule has 0 bridgehead atoms. The van der Waals surface area contributed by atoms with Crippen LogP contribution in [0.4, 0.5) is 8.78 Å². The van der Waals surface area contributed by atoms with E-state index in [4.69, 9.17) is 0 Å². The molecule has 60 valence electrons. The van der Waals surface area contributed by atoms with Crippen molar-refractivity contribution in [3.05, 3.63) is 12.7 Å². The lowest BCUT2D eigenvalue weighted by Crippen LogP contribution is -2.29. The summed E-state index contributed by atoms with van der Waals surface area (Å²) < 4.78 is 44.9. The minimum Gasteiger partial charge on any atom is -0.206 e. The Morgan fingerprint density at radius 2 is 2.10 bits per heavy atom. The fourth-order valence-electron chi connectivity index (χ4n) is 0.238. The Bertz CT molecular complexity index is 199. The maximum atomic E-state index is 11.5. The van der Waals surface area contributed by atoms with Gasteiger partial charge in [0.2, 0.25) is 0 Å². The number of hydrogen-bond donors (Lipinski definition) is 1. The second-order valence-corrected chi connectivity index (χ2v) is 3.18. The number of sulfonamides is 1. The van der Waals surface area contributed by atoms with Crippen LogP contribution in [0.2, 0.25) is 0 Å². The van der Waals surface area contributed by atoms with Gasteiger partial charge in [-0.2, -0.15) is 8.78 Å². The van der Waals surface area contributed by atoms with Crippen LogP contribution in [0.1, 0.15) is 0 Å². The number of halogens is 2. The summed E-state index contributed by atoms with van der Waals surface area (Å²) in [5.41, 5.74) is 0. The molecule has 0 atom stereocenters. The van der Waals surface area contributed by atoms with Crippen LogP contribution in [-0.4, -0.2) is 20.7 Å². The van der Waals surface area contributed by atoms with Gasteiger partial charge < -0.3 is 0 Å². The highest BCUT2D eigenvalue weighted by Gasteiger charge is 2.21. The van der Waals surface area contributed by atoms with Crippen LogP contribution in [0.3, 0.4) is 0 Å². The van der Waals surface area contributed by atoms with Gasteiger partial charge in [0, 0.05) is 6.54 Å². The van der Waals surface area contributed by atoms with Crippen LogP contribution in [0.5, 0.6) is 0 Å². The second-order valence-electron chi connectivity index (χ2n) is 1.44. The molecule has 0 aromatic carbocycles. The lowest BCUT2D eigenvalue weighted by molar-refractivity contribution is 0.233. The van der Waals surface area contributed by atoms with E-state index in [0.717, 1.165) is 0 Å². The summed E-state index contributed by atoms with van der Waals surface area (Å²) in [6, 6.07) is 0. The van der Waals surface area contributed by atoms with Crippen LogP contribution in [0.15, 0.2) is 12.7 Å². The van der Waals surface area contributed by atoms with Crippen molar-refractivity contribution in [2.75, 3.05) is 6.54 Å². The number of alkyl halides is 2. The summed E-state index contributed by atoms with van der Waals surface area (Å²) in [5, 5.41) is 0. The average molecular weight is 171 g/mol. The van der Waals surface area contributed by atoms with Crippen molar-refractivity contribution in [2.45, 2.75) is 5.76 Å². The van der Waals surface area contributed by atoms with E-state index in [9.17, 15) is 17.2 Å². The highest BCUT2D eigenvalue weighted by Crippen LogP contribution is 2.00. The standard InChI is InChI=1S/C4H7F2NO2S/c1-2-3-7-10(8,9)4(5)6/h2,4,7H,1,3H2. The zero-order valence-corrected chi connectivity index (χ0v) is 5.87. The molecule has 0 rings (SSSR count). The molecule has 0 saturated heterocycles. The molecule has 0 saturated carbocycles. The molecule has 3 nitrogen and oxygen atoms in total. The predicted molar refractivity (Wildman–Crippen MR) is 33.1 cm³/mol. The molecule has 0 radical (unpaired) electrons. The Kier molecular flexibility index (Phi) is 3.45. The van der Waals surface area contributed by atoms with Crippen molar-refractivity contribution in [3.63, 3.8) is 0 Å². The molecule has 0 unspecified atom stereocenters. The van der Waals surface area contributed by atoms with Gasteiger partial charge in [0.05, 0.1) is 0 Å². The van der Waals surface area contributed by atoms with Crippen molar-refractivity contribution in [3.8, 4) is 0 Å². The maximum Gasteiger partial charge on any atom is 0.350 e. The van der Waals surface area contributed by atoms with Crippen LogP contribution < -0.4 is 4.72 Å². The molecular formula is C4H7F2NO2S. The zero-order valence-electron chi connectivity index (χ0n) is 5.05. The van der Waals surface area contributed by atoms with Crippen molar-refractivity contribution in [1.29, 1.82) is 0 Å². The highest BCUT2D eigenvalue weighted by molar-refractivity contribution is 7.89. The van der Waals surface area contributed by atoms with Gasteiger partial charge in [-0.05, 0) is 0 Å². The van der Waals surface area contributed by atoms with Gasteiger partial charge in [-0.3, -0.25) is 0 Å². The third-order valence-corrected chi connectivity index (χ3v) is 1.70. The van der Waals surface area contributed by atoms with Gasteiger partial charge in [-0.25, -0.2) is 13.1 Å². The SMILES string of the molecule is C=CCNS(=O)(=O)C(F)F. The van der Waals surface area contributed by atoms with E-state index in [0.29, 0.717) is 0 Å². The van der Waals surface area contributed by atoms with Gasteiger partial charge in [0.25, 0.3) is 10.0 Å². The molecule has 0 spiro atoms. The summed E-state index contributed by atoms with van der Waals surface area (Å²) in [5.74, 6) is -3.37. The zero-order chi connectivity index (χ0) is 8.20. The second kappa shape index (κ2) is 3.62. The molecule has 0 aliphatic rings. The molecule has 10 heavy (non-hydrogen) atoms.